The van der Waals surface area contributed by atoms with Gasteiger partial charge in [-0.25, -0.2) is 0 Å². The Hall–Kier alpha value is -0.780. The lowest BCUT2D eigenvalue weighted by atomic mass is 9.86. The first kappa shape index (κ1) is 18.0. The molecule has 6 heteroatoms. The largest absolute Gasteiger partial charge is 0.394 e. The molecule has 0 aromatic heterocycles. The summed E-state index contributed by atoms with van der Waals surface area (Å²) in [4.78, 5) is 16.4. The summed E-state index contributed by atoms with van der Waals surface area (Å²) < 4.78 is 38.9. The summed E-state index contributed by atoms with van der Waals surface area (Å²) in [6.07, 6.45) is 0.968. The zero-order chi connectivity index (χ0) is 17.8. The predicted molar refractivity (Wildman–Crippen MR) is 86.5 cm³/mol. The number of carbonyl (C=O) groups excluding carboxylic acids is 1. The van der Waals surface area contributed by atoms with Gasteiger partial charge in [0.25, 0.3) is 0 Å². The summed E-state index contributed by atoms with van der Waals surface area (Å²) >= 11 is 0. The normalized spacial score (nSPS) is 27.0. The van der Waals surface area contributed by atoms with E-state index in [1.165, 1.54) is 19.3 Å². The molecule has 2 saturated carbocycles. The zero-order valence-electron chi connectivity index (χ0n) is 15.0. The first-order valence-electron chi connectivity index (χ1n) is 9.09. The van der Waals surface area contributed by atoms with Crippen LogP contribution in [0.15, 0.2) is 0 Å². The molecule has 0 aromatic rings. The van der Waals surface area contributed by atoms with Gasteiger partial charge in [0.2, 0.25) is 5.91 Å². The molecular weight excluding hydrogens is 317 g/mol. The average Bonchev–Trinajstić information content (AvgIpc) is 3.36. The Balaban J connectivity index is 1.46. The highest BCUT2D eigenvalue weighted by Gasteiger charge is 2.56. The number of hydrogen-bond donors (Lipinski definition) is 0. The van der Waals surface area contributed by atoms with Crippen molar-refractivity contribution in [3.8, 4) is 0 Å². The Morgan fingerprint density at radius 3 is 2.29 bits per heavy atom. The molecule has 1 spiro atoms. The van der Waals surface area contributed by atoms with Crippen LogP contribution in [0.3, 0.4) is 0 Å². The summed E-state index contributed by atoms with van der Waals surface area (Å²) in [5.41, 5.74) is -1.59. The third-order valence-corrected chi connectivity index (χ3v) is 6.51. The van der Waals surface area contributed by atoms with Crippen LogP contribution in [0.2, 0.25) is 0 Å². The highest BCUT2D eigenvalue weighted by molar-refractivity contribution is 5.77. The lowest BCUT2D eigenvalue weighted by molar-refractivity contribution is -0.215. The third-order valence-electron chi connectivity index (χ3n) is 6.51. The fraction of sp³-hybridized carbons (Fsp3) is 0.944. The van der Waals surface area contributed by atoms with Crippen LogP contribution in [-0.2, 0) is 4.79 Å². The molecule has 1 atom stereocenters. The highest BCUT2D eigenvalue weighted by atomic mass is 19.4. The van der Waals surface area contributed by atoms with Gasteiger partial charge in [-0.2, -0.15) is 13.2 Å². The van der Waals surface area contributed by atoms with E-state index in [0.717, 1.165) is 39.3 Å². The van der Waals surface area contributed by atoms with Crippen LogP contribution >= 0.6 is 0 Å². The third kappa shape index (κ3) is 3.58. The van der Waals surface area contributed by atoms with E-state index in [0.29, 0.717) is 24.4 Å². The molecule has 1 heterocycles. The van der Waals surface area contributed by atoms with E-state index >= 15 is 0 Å². The minimum Gasteiger partial charge on any atom is -0.343 e. The lowest BCUT2D eigenvalue weighted by Crippen LogP contribution is -2.44. The molecule has 1 unspecified atom stereocenters. The van der Waals surface area contributed by atoms with E-state index < -0.39 is 18.0 Å². The van der Waals surface area contributed by atoms with Crippen molar-refractivity contribution in [1.29, 1.82) is 0 Å². The van der Waals surface area contributed by atoms with E-state index in [4.69, 9.17) is 0 Å². The Labute approximate surface area is 142 Å². The number of hydrogen-bond acceptors (Lipinski definition) is 2. The first-order valence-corrected chi connectivity index (χ1v) is 9.09. The topological polar surface area (TPSA) is 23.6 Å². The van der Waals surface area contributed by atoms with Gasteiger partial charge in [0.15, 0.2) is 0 Å². The van der Waals surface area contributed by atoms with Gasteiger partial charge in [-0.3, -0.25) is 4.79 Å². The van der Waals surface area contributed by atoms with E-state index in [-0.39, 0.29) is 5.91 Å². The number of halogens is 3. The molecule has 1 amide bonds. The Bertz CT molecular complexity index is 491. The van der Waals surface area contributed by atoms with E-state index in [9.17, 15) is 18.0 Å². The molecule has 0 bridgehead atoms. The van der Waals surface area contributed by atoms with Crippen LogP contribution in [0.1, 0.15) is 52.4 Å². The smallest absolute Gasteiger partial charge is 0.343 e. The molecule has 0 aromatic carbocycles. The van der Waals surface area contributed by atoms with Gasteiger partial charge in [0, 0.05) is 32.1 Å². The second kappa shape index (κ2) is 5.89. The average molecular weight is 346 g/mol. The van der Waals surface area contributed by atoms with Gasteiger partial charge < -0.3 is 9.80 Å². The van der Waals surface area contributed by atoms with Crippen molar-refractivity contribution in [2.24, 2.45) is 16.7 Å². The van der Waals surface area contributed by atoms with Crippen LogP contribution in [0, 0.1) is 16.7 Å². The lowest BCUT2D eigenvalue weighted by Gasteiger charge is -2.36. The molecule has 3 aliphatic rings. The second-order valence-electron chi connectivity index (χ2n) is 8.87. The number of alkyl halides is 3. The van der Waals surface area contributed by atoms with Gasteiger partial charge >= 0.3 is 6.18 Å². The van der Waals surface area contributed by atoms with Gasteiger partial charge in [-0.1, -0.05) is 13.8 Å². The second-order valence-corrected chi connectivity index (χ2v) is 8.87. The number of piperidine rings is 1. The van der Waals surface area contributed by atoms with E-state index in [1.54, 1.807) is 4.90 Å². The highest BCUT2D eigenvalue weighted by Crippen LogP contribution is 2.60. The molecule has 3 rings (SSSR count). The number of likely N-dealkylation sites (tertiary alicyclic amines) is 1. The van der Waals surface area contributed by atoms with E-state index in [2.05, 4.69) is 11.9 Å². The van der Waals surface area contributed by atoms with Gasteiger partial charge in [-0.15, -0.1) is 0 Å². The van der Waals surface area contributed by atoms with Crippen LogP contribution in [-0.4, -0.2) is 54.6 Å². The molecular formula is C18H29F3N2O. The summed E-state index contributed by atoms with van der Waals surface area (Å²) in [7, 11) is 2.20. The Morgan fingerprint density at radius 1 is 1.21 bits per heavy atom. The van der Waals surface area contributed by atoms with Crippen LogP contribution < -0.4 is 0 Å². The van der Waals surface area contributed by atoms with Crippen molar-refractivity contribution in [3.05, 3.63) is 0 Å². The van der Waals surface area contributed by atoms with Crippen molar-refractivity contribution < 1.29 is 18.0 Å². The van der Waals surface area contributed by atoms with Crippen LogP contribution in [0.5, 0.6) is 0 Å². The maximum atomic E-state index is 13.0. The standard InChI is InChI=1S/C18H29F3N2O/c1-16(2,18(19,20)21)11-15(24)23-8-6-17(7-9-23)10-13(17)12-22(3)14-4-5-14/h13-14H,4-12H2,1-3H3. The number of amides is 1. The van der Waals surface area contributed by atoms with Gasteiger partial charge in [0.1, 0.15) is 0 Å². The molecule has 2 aliphatic carbocycles. The molecule has 24 heavy (non-hydrogen) atoms. The molecule has 3 nitrogen and oxygen atoms in total. The van der Waals surface area contributed by atoms with Crippen molar-refractivity contribution in [1.82, 2.24) is 9.80 Å². The summed E-state index contributed by atoms with van der Waals surface area (Å²) in [6.45, 7) is 4.61. The monoisotopic (exact) mass is 346 g/mol. The van der Waals surface area contributed by atoms with Gasteiger partial charge in [-0.05, 0) is 50.5 Å². The van der Waals surface area contributed by atoms with E-state index in [1.807, 2.05) is 0 Å². The summed E-state index contributed by atoms with van der Waals surface area (Å²) in [6, 6.07) is 0.772. The van der Waals surface area contributed by atoms with Crippen molar-refractivity contribution >= 4 is 5.91 Å². The van der Waals surface area contributed by atoms with Crippen molar-refractivity contribution in [3.63, 3.8) is 0 Å². The molecule has 0 N–H and O–H groups in total. The number of rotatable bonds is 5. The first-order chi connectivity index (χ1) is 11.0. The molecule has 138 valence electrons. The molecule has 0 radical (unpaired) electrons. The van der Waals surface area contributed by atoms with Crippen molar-refractivity contribution in [2.45, 2.75) is 64.6 Å². The maximum absolute atomic E-state index is 13.0. The molecule has 3 fully saturated rings. The molecule has 1 aliphatic heterocycles. The Kier molecular flexibility index (Phi) is 4.42. The zero-order valence-corrected chi connectivity index (χ0v) is 15.0. The fourth-order valence-electron chi connectivity index (χ4n) is 4.11. The predicted octanol–water partition coefficient (Wildman–Crippen LogP) is 3.69. The van der Waals surface area contributed by atoms with Crippen molar-refractivity contribution in [2.75, 3.05) is 26.7 Å². The summed E-state index contributed by atoms with van der Waals surface area (Å²) in [5, 5.41) is 0. The van der Waals surface area contributed by atoms with Crippen LogP contribution in [0.25, 0.3) is 0 Å². The van der Waals surface area contributed by atoms with Crippen LogP contribution in [0.4, 0.5) is 13.2 Å². The SMILES string of the molecule is CN(CC1CC12CCN(C(=O)CC(C)(C)C(F)(F)F)CC2)C1CC1. The fourth-order valence-corrected chi connectivity index (χ4v) is 4.11. The number of nitrogens with zero attached hydrogens (tertiary/aromatic N) is 2. The summed E-state index contributed by atoms with van der Waals surface area (Å²) in [5.74, 6) is 0.367. The number of carbonyl (C=O) groups is 1. The quantitative estimate of drug-likeness (QED) is 0.758. The minimum atomic E-state index is -4.34. The van der Waals surface area contributed by atoms with Gasteiger partial charge in [0.05, 0.1) is 5.41 Å². The minimum absolute atomic E-state index is 0.348. The Morgan fingerprint density at radius 2 is 1.79 bits per heavy atom. The molecule has 1 saturated heterocycles. The maximum Gasteiger partial charge on any atom is 0.394 e.